The lowest BCUT2D eigenvalue weighted by atomic mass is 9.45. The molecule has 32 heavy (non-hydrogen) atoms. The summed E-state index contributed by atoms with van der Waals surface area (Å²) in [7, 11) is -0.552. The summed E-state index contributed by atoms with van der Waals surface area (Å²) in [5.74, 6) is -1.56. The number of aliphatic hydroxyl groups is 2. The van der Waals surface area contributed by atoms with Crippen molar-refractivity contribution in [2.45, 2.75) is 70.5 Å². The van der Waals surface area contributed by atoms with Gasteiger partial charge in [-0.25, -0.2) is 0 Å². The Morgan fingerprint density at radius 1 is 1.19 bits per heavy atom. The molecule has 8 unspecified atom stereocenters. The number of methoxy groups -OCH3 is 1. The van der Waals surface area contributed by atoms with Gasteiger partial charge in [0.05, 0.1) is 19.0 Å². The Labute approximate surface area is 191 Å². The molecule has 0 aromatic heterocycles. The number of Topliss-reactive ketones (excluding diaryl/α,β-unsaturated/α-hetero) is 1. The van der Waals surface area contributed by atoms with Crippen molar-refractivity contribution in [1.29, 1.82) is 0 Å². The first-order chi connectivity index (χ1) is 15.0. The molecule has 3 fully saturated rings. The van der Waals surface area contributed by atoms with Crippen molar-refractivity contribution < 1.29 is 33.5 Å². The molecule has 4 rings (SSSR count). The van der Waals surface area contributed by atoms with Crippen LogP contribution < -0.4 is 0 Å². The van der Waals surface area contributed by atoms with Gasteiger partial charge in [0.25, 0.3) is 0 Å². The lowest BCUT2D eigenvalue weighted by Crippen LogP contribution is -2.62. The molecule has 0 aromatic carbocycles. The minimum atomic E-state index is -1.75. The van der Waals surface area contributed by atoms with Crippen molar-refractivity contribution in [3.05, 3.63) is 11.6 Å². The number of allylic oxidation sites excluding steroid dienone is 1. The van der Waals surface area contributed by atoms with Gasteiger partial charge in [0.2, 0.25) is 0 Å². The molecule has 0 saturated heterocycles. The summed E-state index contributed by atoms with van der Waals surface area (Å²) in [5.41, 5.74) is -1.58. The lowest BCUT2D eigenvalue weighted by molar-refractivity contribution is -0.178. The highest BCUT2D eigenvalue weighted by Gasteiger charge is 2.68. The smallest absolute Gasteiger partial charge is 0.318 e. The minimum absolute atomic E-state index is 0.000386. The SMILES string of the molecule is COC(=O)CS(=O)CC(=O)C1(O)CCC2C3CCC4=CC(=O)CCC4(C)C3C(O)CC21C. The molecule has 178 valence electrons. The van der Waals surface area contributed by atoms with E-state index in [-0.39, 0.29) is 41.1 Å². The summed E-state index contributed by atoms with van der Waals surface area (Å²) in [6.45, 7) is 4.06. The molecule has 0 bridgehead atoms. The second-order valence-corrected chi connectivity index (χ2v) is 12.2. The zero-order valence-corrected chi connectivity index (χ0v) is 19.9. The number of fused-ring (bicyclic) bond motifs is 5. The van der Waals surface area contributed by atoms with Crippen molar-refractivity contribution in [2.75, 3.05) is 18.6 Å². The van der Waals surface area contributed by atoms with Crippen molar-refractivity contribution in [3.8, 4) is 0 Å². The van der Waals surface area contributed by atoms with E-state index in [1.807, 2.05) is 6.92 Å². The number of esters is 1. The number of ether oxygens (including phenoxy) is 1. The third kappa shape index (κ3) is 3.44. The van der Waals surface area contributed by atoms with E-state index in [9.17, 15) is 28.8 Å². The van der Waals surface area contributed by atoms with Gasteiger partial charge in [-0.05, 0) is 67.8 Å². The Morgan fingerprint density at radius 3 is 2.59 bits per heavy atom. The minimum Gasteiger partial charge on any atom is -0.468 e. The van der Waals surface area contributed by atoms with Gasteiger partial charge in [-0.15, -0.1) is 0 Å². The van der Waals surface area contributed by atoms with Crippen LogP contribution in [0.5, 0.6) is 0 Å². The average Bonchev–Trinajstić information content (AvgIpc) is 2.99. The van der Waals surface area contributed by atoms with Gasteiger partial charge in [0, 0.05) is 22.6 Å². The van der Waals surface area contributed by atoms with E-state index in [4.69, 9.17) is 0 Å². The summed E-state index contributed by atoms with van der Waals surface area (Å²) in [6.07, 6.45) is 5.18. The van der Waals surface area contributed by atoms with Crippen LogP contribution in [0.2, 0.25) is 0 Å². The molecule has 4 aliphatic rings. The summed E-state index contributed by atoms with van der Waals surface area (Å²) in [4.78, 5) is 36.6. The quantitative estimate of drug-likeness (QED) is 0.592. The maximum Gasteiger partial charge on any atom is 0.318 e. The molecular formula is C24H34O7S. The van der Waals surface area contributed by atoms with Crippen molar-refractivity contribution in [1.82, 2.24) is 0 Å². The van der Waals surface area contributed by atoms with Crippen LogP contribution in [0.1, 0.15) is 58.8 Å². The normalized spacial score (nSPS) is 44.0. The number of carbonyl (C=O) groups is 3. The summed E-state index contributed by atoms with van der Waals surface area (Å²) in [6, 6.07) is 0. The van der Waals surface area contributed by atoms with Crippen LogP contribution in [-0.2, 0) is 29.9 Å². The van der Waals surface area contributed by atoms with Crippen molar-refractivity contribution >= 4 is 28.3 Å². The maximum atomic E-state index is 13.2. The van der Waals surface area contributed by atoms with E-state index in [1.165, 1.54) is 7.11 Å². The van der Waals surface area contributed by atoms with Crippen LogP contribution >= 0.6 is 0 Å². The number of carbonyl (C=O) groups excluding carboxylic acids is 3. The van der Waals surface area contributed by atoms with E-state index >= 15 is 0 Å². The first-order valence-corrected chi connectivity index (χ1v) is 13.0. The van der Waals surface area contributed by atoms with Gasteiger partial charge >= 0.3 is 5.97 Å². The highest BCUT2D eigenvalue weighted by atomic mass is 32.2. The number of hydrogen-bond acceptors (Lipinski definition) is 7. The molecule has 0 heterocycles. The Morgan fingerprint density at radius 2 is 1.91 bits per heavy atom. The first kappa shape index (κ1) is 23.8. The van der Waals surface area contributed by atoms with Crippen LogP contribution in [0.4, 0.5) is 0 Å². The van der Waals surface area contributed by atoms with Crippen LogP contribution in [-0.4, -0.2) is 62.3 Å². The predicted octanol–water partition coefficient (Wildman–Crippen LogP) is 1.71. The number of aliphatic hydroxyl groups excluding tert-OH is 1. The highest BCUT2D eigenvalue weighted by Crippen LogP contribution is 2.67. The Hall–Kier alpha value is -1.38. The maximum absolute atomic E-state index is 13.2. The van der Waals surface area contributed by atoms with Crippen molar-refractivity contribution in [2.24, 2.45) is 28.6 Å². The molecule has 3 saturated carbocycles. The average molecular weight is 467 g/mol. The molecule has 4 aliphatic carbocycles. The predicted molar refractivity (Wildman–Crippen MR) is 118 cm³/mol. The summed E-state index contributed by atoms with van der Waals surface area (Å²) >= 11 is 0. The van der Waals surface area contributed by atoms with Gasteiger partial charge in [-0.1, -0.05) is 19.4 Å². The second kappa shape index (κ2) is 8.13. The standard InChI is InChI=1S/C24H34O7S/c1-22-8-6-15(25)10-14(22)4-5-16-17-7-9-24(29,23(17,2)11-18(26)21(16)22)19(27)12-32(30)13-20(28)31-3/h10,16-18,21,26,29H,4-9,11-13H2,1-3H3. The monoisotopic (exact) mass is 466 g/mol. The number of hydrogen-bond donors (Lipinski definition) is 2. The lowest BCUT2D eigenvalue weighted by Gasteiger charge is -2.60. The molecule has 0 aliphatic heterocycles. The number of ketones is 2. The molecule has 0 spiro atoms. The van der Waals surface area contributed by atoms with Crippen LogP contribution in [0.3, 0.4) is 0 Å². The van der Waals surface area contributed by atoms with Crippen LogP contribution in [0.25, 0.3) is 0 Å². The molecule has 7 nitrogen and oxygen atoms in total. The Balaban J connectivity index is 1.60. The molecule has 8 atom stereocenters. The van der Waals surface area contributed by atoms with Gasteiger partial charge in [-0.3, -0.25) is 18.6 Å². The fourth-order valence-corrected chi connectivity index (χ4v) is 8.67. The van der Waals surface area contributed by atoms with E-state index in [0.717, 1.165) is 24.8 Å². The van der Waals surface area contributed by atoms with Gasteiger partial charge in [0.15, 0.2) is 11.6 Å². The van der Waals surface area contributed by atoms with Gasteiger partial charge < -0.3 is 14.9 Å². The van der Waals surface area contributed by atoms with E-state index in [0.29, 0.717) is 19.3 Å². The third-order valence-corrected chi connectivity index (χ3v) is 10.5. The zero-order valence-electron chi connectivity index (χ0n) is 19.1. The number of rotatable bonds is 5. The van der Waals surface area contributed by atoms with E-state index in [1.54, 1.807) is 6.08 Å². The van der Waals surface area contributed by atoms with Gasteiger partial charge in [-0.2, -0.15) is 0 Å². The fraction of sp³-hybridized carbons (Fsp3) is 0.792. The van der Waals surface area contributed by atoms with E-state index < -0.39 is 45.4 Å². The molecule has 0 aromatic rings. The molecule has 0 radical (unpaired) electrons. The second-order valence-electron chi connectivity index (χ2n) is 10.7. The fourth-order valence-electron chi connectivity index (χ4n) is 7.66. The van der Waals surface area contributed by atoms with Crippen LogP contribution in [0.15, 0.2) is 11.6 Å². The van der Waals surface area contributed by atoms with Gasteiger partial charge in [0.1, 0.15) is 11.4 Å². The first-order valence-electron chi connectivity index (χ1n) is 11.6. The molecule has 2 N–H and O–H groups in total. The topological polar surface area (TPSA) is 118 Å². The molecule has 0 amide bonds. The zero-order chi connectivity index (χ0) is 23.5. The highest BCUT2D eigenvalue weighted by molar-refractivity contribution is 7.86. The Bertz CT molecular complexity index is 897. The summed E-state index contributed by atoms with van der Waals surface area (Å²) in [5, 5.41) is 23.0. The molecule has 8 heteroatoms. The largest absolute Gasteiger partial charge is 0.468 e. The van der Waals surface area contributed by atoms with Crippen molar-refractivity contribution in [3.63, 3.8) is 0 Å². The summed E-state index contributed by atoms with van der Waals surface area (Å²) < 4.78 is 16.8. The molecular weight excluding hydrogens is 432 g/mol. The van der Waals surface area contributed by atoms with E-state index in [2.05, 4.69) is 11.7 Å². The Kier molecular flexibility index (Phi) is 6.04. The third-order valence-electron chi connectivity index (χ3n) is 9.31. The van der Waals surface area contributed by atoms with Crippen LogP contribution in [0, 0.1) is 28.6 Å².